The van der Waals surface area contributed by atoms with Gasteiger partial charge in [0.1, 0.15) is 5.82 Å². The van der Waals surface area contributed by atoms with Gasteiger partial charge in [-0.2, -0.15) is 4.98 Å². The van der Waals surface area contributed by atoms with Crippen LogP contribution < -0.4 is 15.5 Å². The van der Waals surface area contributed by atoms with E-state index in [1.165, 1.54) is 24.0 Å². The van der Waals surface area contributed by atoms with E-state index in [2.05, 4.69) is 88.3 Å². The molecule has 5 rings (SSSR count). The van der Waals surface area contributed by atoms with Crippen molar-refractivity contribution in [2.24, 2.45) is 5.92 Å². The molecule has 1 aromatic heterocycles. The van der Waals surface area contributed by atoms with Crippen LogP contribution in [0.5, 0.6) is 0 Å². The summed E-state index contributed by atoms with van der Waals surface area (Å²) in [5, 5.41) is 8.56. The van der Waals surface area contributed by atoms with Crippen LogP contribution in [-0.2, 0) is 6.42 Å². The summed E-state index contributed by atoms with van der Waals surface area (Å²) < 4.78 is 0. The Hall–Kier alpha value is -3.44. The second-order valence-corrected chi connectivity index (χ2v) is 10.6. The van der Waals surface area contributed by atoms with Crippen LogP contribution in [0.15, 0.2) is 84.9 Å². The number of hydrogen-bond acceptors (Lipinski definition) is 5. The topological polar surface area (TPSA) is 53.1 Å². The van der Waals surface area contributed by atoms with Gasteiger partial charge in [-0.25, -0.2) is 4.98 Å². The Morgan fingerprint density at radius 3 is 2.22 bits per heavy atom. The lowest BCUT2D eigenvalue weighted by Gasteiger charge is -2.30. The van der Waals surface area contributed by atoms with Gasteiger partial charge in [0.25, 0.3) is 0 Å². The van der Waals surface area contributed by atoms with Gasteiger partial charge in [-0.1, -0.05) is 72.8 Å². The van der Waals surface area contributed by atoms with E-state index in [-0.39, 0.29) is 0 Å². The van der Waals surface area contributed by atoms with Gasteiger partial charge < -0.3 is 15.5 Å². The molecule has 0 bridgehead atoms. The fourth-order valence-corrected chi connectivity index (χ4v) is 5.55. The number of rotatable bonds is 10. The van der Waals surface area contributed by atoms with Crippen LogP contribution in [0.3, 0.4) is 0 Å². The summed E-state index contributed by atoms with van der Waals surface area (Å²) in [6, 6.07) is 30.5. The van der Waals surface area contributed by atoms with Crippen LogP contribution in [0.1, 0.15) is 42.7 Å². The zero-order chi connectivity index (χ0) is 25.5. The molecule has 1 saturated carbocycles. The molecular formula is C32H39N5. The van der Waals surface area contributed by atoms with Crippen LogP contribution in [0, 0.1) is 5.92 Å². The summed E-state index contributed by atoms with van der Waals surface area (Å²) in [4.78, 5) is 11.7. The molecule has 4 aromatic rings. The number of nitrogens with one attached hydrogen (secondary N) is 2. The van der Waals surface area contributed by atoms with E-state index in [4.69, 9.17) is 9.97 Å². The summed E-state index contributed by atoms with van der Waals surface area (Å²) in [6.07, 6.45) is 5.84. The van der Waals surface area contributed by atoms with Gasteiger partial charge in [0.05, 0.1) is 5.52 Å². The predicted octanol–water partition coefficient (Wildman–Crippen LogP) is 6.28. The Balaban J connectivity index is 1.13. The SMILES string of the molecule is CN(C)c1nc(NC2CCC(CNCC(Cc3ccccc3)c3ccccc3)CC2)nc2ccccc12. The lowest BCUT2D eigenvalue weighted by molar-refractivity contribution is 0.321. The highest BCUT2D eigenvalue weighted by molar-refractivity contribution is 5.90. The molecule has 0 saturated heterocycles. The van der Waals surface area contributed by atoms with Gasteiger partial charge in [0, 0.05) is 38.0 Å². The molecule has 3 aromatic carbocycles. The van der Waals surface area contributed by atoms with Gasteiger partial charge in [-0.05, 0) is 67.8 Å². The van der Waals surface area contributed by atoms with Crippen molar-refractivity contribution in [3.63, 3.8) is 0 Å². The van der Waals surface area contributed by atoms with Crippen molar-refractivity contribution in [2.45, 2.75) is 44.1 Å². The van der Waals surface area contributed by atoms with E-state index >= 15 is 0 Å². The highest BCUT2D eigenvalue weighted by atomic mass is 15.2. The Labute approximate surface area is 221 Å². The maximum absolute atomic E-state index is 4.84. The summed E-state index contributed by atoms with van der Waals surface area (Å²) in [5.41, 5.74) is 3.81. The van der Waals surface area contributed by atoms with Crippen LogP contribution in [0.2, 0.25) is 0 Å². The third-order valence-electron chi connectivity index (χ3n) is 7.61. The molecule has 5 heteroatoms. The molecule has 2 N–H and O–H groups in total. The average molecular weight is 494 g/mol. The Kier molecular flexibility index (Phi) is 8.32. The third-order valence-corrected chi connectivity index (χ3v) is 7.61. The van der Waals surface area contributed by atoms with Crippen molar-refractivity contribution < 1.29 is 0 Å². The second-order valence-electron chi connectivity index (χ2n) is 10.6. The van der Waals surface area contributed by atoms with Gasteiger partial charge >= 0.3 is 0 Å². The van der Waals surface area contributed by atoms with Crippen LogP contribution in [0.25, 0.3) is 10.9 Å². The van der Waals surface area contributed by atoms with E-state index in [0.29, 0.717) is 12.0 Å². The highest BCUT2D eigenvalue weighted by Crippen LogP contribution is 2.28. The van der Waals surface area contributed by atoms with Crippen LogP contribution in [0.4, 0.5) is 11.8 Å². The summed E-state index contributed by atoms with van der Waals surface area (Å²) in [6.45, 7) is 2.09. The predicted molar refractivity (Wildman–Crippen MR) is 155 cm³/mol. The molecule has 5 nitrogen and oxygen atoms in total. The number of anilines is 2. The molecule has 1 heterocycles. The Morgan fingerprint density at radius 2 is 1.49 bits per heavy atom. The molecule has 1 atom stereocenters. The molecule has 1 aliphatic rings. The number of hydrogen-bond donors (Lipinski definition) is 2. The fraction of sp³-hybridized carbons (Fsp3) is 0.375. The highest BCUT2D eigenvalue weighted by Gasteiger charge is 2.23. The zero-order valence-corrected chi connectivity index (χ0v) is 22.1. The smallest absolute Gasteiger partial charge is 0.225 e. The maximum Gasteiger partial charge on any atom is 0.225 e. The monoisotopic (exact) mass is 493 g/mol. The molecule has 0 aliphatic heterocycles. The fourth-order valence-electron chi connectivity index (χ4n) is 5.55. The minimum absolute atomic E-state index is 0.433. The summed E-state index contributed by atoms with van der Waals surface area (Å²) >= 11 is 0. The number of benzene rings is 3. The van der Waals surface area contributed by atoms with E-state index < -0.39 is 0 Å². The standard InChI is InChI=1S/C32H39N5/c1-37(2)31-29-15-9-10-16-30(29)35-32(36-31)34-28-19-17-25(18-20-28)22-33-23-27(26-13-7-4-8-14-26)21-24-11-5-3-6-12-24/h3-16,25,27-28,33H,17-23H2,1-2H3,(H,34,35,36). The summed E-state index contributed by atoms with van der Waals surface area (Å²) in [5.74, 6) is 2.92. The van der Waals surface area contributed by atoms with Crippen molar-refractivity contribution in [2.75, 3.05) is 37.4 Å². The van der Waals surface area contributed by atoms with Gasteiger partial charge in [0.2, 0.25) is 5.95 Å². The van der Waals surface area contributed by atoms with Crippen molar-refractivity contribution >= 4 is 22.7 Å². The minimum Gasteiger partial charge on any atom is -0.362 e. The molecule has 0 radical (unpaired) electrons. The average Bonchev–Trinajstić information content (AvgIpc) is 2.94. The Bertz CT molecular complexity index is 1250. The zero-order valence-electron chi connectivity index (χ0n) is 22.1. The number of fused-ring (bicyclic) bond motifs is 1. The Morgan fingerprint density at radius 1 is 0.811 bits per heavy atom. The van der Waals surface area contributed by atoms with Crippen molar-refractivity contribution in [3.8, 4) is 0 Å². The van der Waals surface area contributed by atoms with Gasteiger partial charge in [-0.3, -0.25) is 0 Å². The number of aromatic nitrogens is 2. The molecular weight excluding hydrogens is 454 g/mol. The third kappa shape index (κ3) is 6.66. The molecule has 1 unspecified atom stereocenters. The van der Waals surface area contributed by atoms with Crippen molar-refractivity contribution in [1.82, 2.24) is 15.3 Å². The van der Waals surface area contributed by atoms with E-state index in [9.17, 15) is 0 Å². The first kappa shape index (κ1) is 25.2. The quantitative estimate of drug-likeness (QED) is 0.272. The largest absolute Gasteiger partial charge is 0.362 e. The van der Waals surface area contributed by atoms with E-state index in [1.807, 2.05) is 26.2 Å². The van der Waals surface area contributed by atoms with Gasteiger partial charge in [-0.15, -0.1) is 0 Å². The normalized spacial score (nSPS) is 18.4. The van der Waals surface area contributed by atoms with E-state index in [0.717, 1.165) is 60.9 Å². The molecule has 1 fully saturated rings. The second kappa shape index (κ2) is 12.2. The molecule has 0 amide bonds. The first-order valence-electron chi connectivity index (χ1n) is 13.7. The maximum atomic E-state index is 4.84. The lowest BCUT2D eigenvalue weighted by atomic mass is 9.85. The molecule has 192 valence electrons. The number of para-hydroxylation sites is 1. The van der Waals surface area contributed by atoms with Crippen LogP contribution in [-0.4, -0.2) is 43.2 Å². The lowest BCUT2D eigenvalue weighted by Crippen LogP contribution is -2.33. The summed E-state index contributed by atoms with van der Waals surface area (Å²) in [7, 11) is 4.08. The minimum atomic E-state index is 0.433. The van der Waals surface area contributed by atoms with Crippen molar-refractivity contribution in [1.29, 1.82) is 0 Å². The first-order chi connectivity index (χ1) is 18.2. The van der Waals surface area contributed by atoms with E-state index in [1.54, 1.807) is 0 Å². The van der Waals surface area contributed by atoms with Gasteiger partial charge in [0.15, 0.2) is 0 Å². The molecule has 37 heavy (non-hydrogen) atoms. The molecule has 0 spiro atoms. The molecule has 1 aliphatic carbocycles. The number of nitrogens with zero attached hydrogens (tertiary/aromatic N) is 3. The first-order valence-corrected chi connectivity index (χ1v) is 13.7. The van der Waals surface area contributed by atoms with Crippen LogP contribution >= 0.6 is 0 Å². The van der Waals surface area contributed by atoms with Crippen molar-refractivity contribution in [3.05, 3.63) is 96.1 Å².